The minimum atomic E-state index is -3.10. The molecule has 32 heavy (non-hydrogen) atoms. The molecule has 6 nitrogen and oxygen atoms in total. The average molecular weight is 468 g/mol. The first kappa shape index (κ1) is 22.0. The van der Waals surface area contributed by atoms with Crippen molar-refractivity contribution in [1.82, 2.24) is 0 Å². The maximum atomic E-state index is 11.6. The van der Waals surface area contributed by atoms with Crippen molar-refractivity contribution in [2.24, 2.45) is 9.98 Å². The largest absolute Gasteiger partial charge is 0.488 e. The molecule has 164 valence electrons. The number of ether oxygens (including phenoxy) is 1. The highest BCUT2D eigenvalue weighted by Crippen LogP contribution is 2.25. The molecular formula is C24H22ClN3O3S. The number of rotatable bonds is 7. The molecule has 0 aliphatic carbocycles. The molecule has 8 heteroatoms. The summed E-state index contributed by atoms with van der Waals surface area (Å²) in [7, 11) is -3.10. The number of hydrogen-bond donors (Lipinski definition) is 0. The predicted molar refractivity (Wildman–Crippen MR) is 130 cm³/mol. The van der Waals surface area contributed by atoms with E-state index >= 15 is 0 Å². The molecule has 0 saturated heterocycles. The molecule has 4 rings (SSSR count). The van der Waals surface area contributed by atoms with Gasteiger partial charge in [-0.15, -0.1) is 0 Å². The van der Waals surface area contributed by atoms with Gasteiger partial charge in [0.25, 0.3) is 0 Å². The van der Waals surface area contributed by atoms with Crippen LogP contribution in [0.15, 0.2) is 82.8 Å². The second-order valence-corrected chi connectivity index (χ2v) is 10.0. The number of sulfone groups is 1. The molecule has 0 spiro atoms. The van der Waals surface area contributed by atoms with Crippen molar-refractivity contribution in [2.75, 3.05) is 17.8 Å². The zero-order valence-corrected chi connectivity index (χ0v) is 19.1. The van der Waals surface area contributed by atoms with Crippen LogP contribution >= 0.6 is 11.6 Å². The molecule has 0 saturated carbocycles. The molecule has 0 N–H and O–H groups in total. The van der Waals surface area contributed by atoms with E-state index in [0.29, 0.717) is 29.9 Å². The van der Waals surface area contributed by atoms with E-state index < -0.39 is 9.84 Å². The molecule has 0 aromatic heterocycles. The fourth-order valence-electron chi connectivity index (χ4n) is 3.32. The first-order valence-corrected chi connectivity index (χ1v) is 12.4. The Balaban J connectivity index is 1.49. The number of halogens is 1. The van der Waals surface area contributed by atoms with E-state index in [9.17, 15) is 8.42 Å². The maximum absolute atomic E-state index is 11.6. The Bertz CT molecular complexity index is 1290. The smallest absolute Gasteiger partial charge is 0.161 e. The van der Waals surface area contributed by atoms with Gasteiger partial charge in [-0.05, 0) is 35.9 Å². The van der Waals surface area contributed by atoms with Crippen LogP contribution in [0.25, 0.3) is 0 Å². The van der Waals surface area contributed by atoms with E-state index in [2.05, 4.69) is 9.98 Å². The van der Waals surface area contributed by atoms with Crippen molar-refractivity contribution in [3.63, 3.8) is 0 Å². The highest BCUT2D eigenvalue weighted by atomic mass is 35.5. The highest BCUT2D eigenvalue weighted by Gasteiger charge is 2.15. The molecule has 0 fully saturated rings. The van der Waals surface area contributed by atoms with Crippen molar-refractivity contribution < 1.29 is 13.2 Å². The molecule has 1 heterocycles. The lowest BCUT2D eigenvalue weighted by molar-refractivity contribution is 0.305. The van der Waals surface area contributed by atoms with Crippen molar-refractivity contribution >= 4 is 39.3 Å². The molecule has 1 aliphatic rings. The first-order valence-electron chi connectivity index (χ1n) is 9.96. The maximum Gasteiger partial charge on any atom is 0.161 e. The Hall–Kier alpha value is -3.16. The monoisotopic (exact) mass is 467 g/mol. The van der Waals surface area contributed by atoms with Gasteiger partial charge >= 0.3 is 0 Å². The lowest BCUT2D eigenvalue weighted by atomic mass is 10.1. The Morgan fingerprint density at radius 1 is 1.03 bits per heavy atom. The van der Waals surface area contributed by atoms with Gasteiger partial charge < -0.3 is 9.64 Å². The summed E-state index contributed by atoms with van der Waals surface area (Å²) in [6.45, 7) is 0.701. The van der Waals surface area contributed by atoms with Crippen molar-refractivity contribution in [1.29, 1.82) is 0 Å². The number of nitrogens with zero attached hydrogens (tertiary/aromatic N) is 3. The fraction of sp³-hybridized carbons (Fsp3) is 0.167. The quantitative estimate of drug-likeness (QED) is 0.504. The number of amidine groups is 1. The van der Waals surface area contributed by atoms with E-state index in [1.807, 2.05) is 71.6 Å². The van der Waals surface area contributed by atoms with E-state index in [4.69, 9.17) is 16.3 Å². The van der Waals surface area contributed by atoms with Crippen LogP contribution in [0.5, 0.6) is 5.75 Å². The van der Waals surface area contributed by atoms with Crippen LogP contribution in [0.1, 0.15) is 16.7 Å². The van der Waals surface area contributed by atoms with E-state index in [-0.39, 0.29) is 5.75 Å². The molecule has 3 aromatic rings. The third kappa shape index (κ3) is 5.55. The summed E-state index contributed by atoms with van der Waals surface area (Å²) in [6.07, 6.45) is 2.93. The molecule has 0 radical (unpaired) electrons. The summed E-state index contributed by atoms with van der Waals surface area (Å²) in [6, 6.07) is 22.6. The summed E-state index contributed by atoms with van der Waals surface area (Å²) >= 11 is 6.23. The highest BCUT2D eigenvalue weighted by molar-refractivity contribution is 7.89. The summed E-state index contributed by atoms with van der Waals surface area (Å²) < 4.78 is 29.2. The van der Waals surface area contributed by atoms with Gasteiger partial charge in [0, 0.05) is 22.5 Å². The Morgan fingerprint density at radius 2 is 1.81 bits per heavy atom. The van der Waals surface area contributed by atoms with Crippen LogP contribution in [0, 0.1) is 0 Å². The molecule has 0 bridgehead atoms. The lowest BCUT2D eigenvalue weighted by Crippen LogP contribution is -2.26. The van der Waals surface area contributed by atoms with Gasteiger partial charge in [0.2, 0.25) is 0 Å². The van der Waals surface area contributed by atoms with Gasteiger partial charge in [0.1, 0.15) is 19.0 Å². The number of hydrogen-bond acceptors (Lipinski definition) is 6. The van der Waals surface area contributed by atoms with Crippen LogP contribution in [0.3, 0.4) is 0 Å². The van der Waals surface area contributed by atoms with Crippen molar-refractivity contribution in [3.8, 4) is 5.75 Å². The van der Waals surface area contributed by atoms with Crippen LogP contribution in [0.2, 0.25) is 5.02 Å². The molecule has 0 amide bonds. The fourth-order valence-corrected chi connectivity index (χ4v) is 4.30. The zero-order chi connectivity index (χ0) is 22.6. The molecular weight excluding hydrogens is 446 g/mol. The second-order valence-electron chi connectivity index (χ2n) is 7.45. The van der Waals surface area contributed by atoms with Crippen LogP contribution in [0.4, 0.5) is 5.69 Å². The van der Waals surface area contributed by atoms with Crippen LogP contribution in [-0.2, 0) is 22.2 Å². The molecule has 1 aliphatic heterocycles. The number of benzene rings is 3. The minimum Gasteiger partial charge on any atom is -0.488 e. The van der Waals surface area contributed by atoms with Gasteiger partial charge in [0.05, 0.1) is 17.7 Å². The van der Waals surface area contributed by atoms with Crippen molar-refractivity contribution in [3.05, 3.63) is 94.5 Å². The predicted octanol–water partition coefficient (Wildman–Crippen LogP) is 4.72. The number of para-hydroxylation sites is 1. The summed E-state index contributed by atoms with van der Waals surface area (Å²) in [4.78, 5) is 11.0. The SMILES string of the molecule is CS(=O)(=O)Cc1cccc(N2C=NC(c3ccccc3OCc3ccccc3Cl)=NC2)c1. The summed E-state index contributed by atoms with van der Waals surface area (Å²) in [5.41, 5.74) is 3.26. The normalized spacial score (nSPS) is 13.7. The molecule has 0 unspecified atom stereocenters. The number of anilines is 1. The zero-order valence-electron chi connectivity index (χ0n) is 17.5. The summed E-state index contributed by atoms with van der Waals surface area (Å²) in [5.74, 6) is 1.24. The Labute approximate surface area is 192 Å². The van der Waals surface area contributed by atoms with Gasteiger partial charge in [0.15, 0.2) is 15.7 Å². The Morgan fingerprint density at radius 3 is 2.56 bits per heavy atom. The van der Waals surface area contributed by atoms with Crippen LogP contribution in [-0.4, -0.2) is 33.5 Å². The standard InChI is InChI=1S/C24H22ClN3O3S/c1-32(29,30)15-18-7-6-9-20(13-18)28-16-26-24(27-17-28)21-10-3-5-12-23(21)31-14-19-8-2-4-11-22(19)25/h2-13,16H,14-15,17H2,1H3. The van der Waals surface area contributed by atoms with Crippen molar-refractivity contribution in [2.45, 2.75) is 12.4 Å². The van der Waals surface area contributed by atoms with E-state index in [1.165, 1.54) is 6.26 Å². The minimum absolute atomic E-state index is 0.00349. The third-order valence-corrected chi connectivity index (χ3v) is 6.06. The second kappa shape index (κ2) is 9.54. The topological polar surface area (TPSA) is 71.3 Å². The molecule has 3 aromatic carbocycles. The van der Waals surface area contributed by atoms with Gasteiger partial charge in [-0.2, -0.15) is 0 Å². The molecule has 0 atom stereocenters. The van der Waals surface area contributed by atoms with E-state index in [1.54, 1.807) is 12.4 Å². The van der Waals surface area contributed by atoms with Crippen LogP contribution < -0.4 is 9.64 Å². The number of aliphatic imine (C=N–C) groups is 2. The third-order valence-electron chi connectivity index (χ3n) is 4.83. The summed E-state index contributed by atoms with van der Waals surface area (Å²) in [5, 5.41) is 0.659. The lowest BCUT2D eigenvalue weighted by Gasteiger charge is -2.22. The van der Waals surface area contributed by atoms with Gasteiger partial charge in [-0.1, -0.05) is 54.1 Å². The van der Waals surface area contributed by atoms with Gasteiger partial charge in [-0.25, -0.2) is 18.4 Å². The Kier molecular flexibility index (Phi) is 6.58. The average Bonchev–Trinajstić information content (AvgIpc) is 2.78. The van der Waals surface area contributed by atoms with Gasteiger partial charge in [-0.3, -0.25) is 0 Å². The first-order chi connectivity index (χ1) is 15.4. The van der Waals surface area contributed by atoms with E-state index in [0.717, 1.165) is 22.4 Å².